The third kappa shape index (κ3) is 10.2. The summed E-state index contributed by atoms with van der Waals surface area (Å²) in [5.41, 5.74) is 15.7. The van der Waals surface area contributed by atoms with Crippen molar-refractivity contribution in [2.75, 3.05) is 0 Å². The number of benzene rings is 3. The van der Waals surface area contributed by atoms with Crippen LogP contribution in [0.2, 0.25) is 0 Å². The van der Waals surface area contributed by atoms with Gasteiger partial charge in [-0.3, -0.25) is 0 Å². The predicted octanol–water partition coefficient (Wildman–Crippen LogP) is 4.50. The molecule has 1 aliphatic rings. The summed E-state index contributed by atoms with van der Waals surface area (Å²) in [6.07, 6.45) is 1.03. The van der Waals surface area contributed by atoms with Crippen molar-refractivity contribution in [3.05, 3.63) is 123 Å². The molecule has 0 radical (unpaired) electrons. The number of fused-ring (bicyclic) bond motifs is 3. The minimum atomic E-state index is 0. The standard InChI is InChI=1S/C21H25.C10H15.C8H8.2ClH.Zr/c1-20(2,3)16-9-7-14-11-15-8-10-17(21(4,5)6)13-19(15)18(14)12-16;1-7(2)10-6-8(3)5-9(10)4;1-7-3-5-8(2)6-4-7;;;/h7,9-10,12-13H,11H2,1-6H3;5-7H,1-4H3;1,3-6H,2H3;2*1H;/q2*-1;;;;+2/p-2. The van der Waals surface area contributed by atoms with Gasteiger partial charge in [-0.2, -0.15) is 52.1 Å². The van der Waals surface area contributed by atoms with Crippen molar-refractivity contribution in [1.82, 2.24) is 0 Å². The van der Waals surface area contributed by atoms with E-state index in [1.807, 2.05) is 0 Å². The molecular formula is C39H48Cl2Zr-2. The Hall–Kier alpha value is -1.66. The van der Waals surface area contributed by atoms with Gasteiger partial charge in [0.2, 0.25) is 0 Å². The van der Waals surface area contributed by atoms with E-state index in [0.717, 1.165) is 6.42 Å². The zero-order valence-corrected chi connectivity index (χ0v) is 31.4. The molecule has 0 spiro atoms. The van der Waals surface area contributed by atoms with Gasteiger partial charge in [-0.15, -0.1) is 5.56 Å². The molecule has 0 bridgehead atoms. The van der Waals surface area contributed by atoms with E-state index in [1.165, 1.54) is 85.4 Å². The van der Waals surface area contributed by atoms with E-state index in [-0.39, 0.29) is 35.6 Å². The maximum Gasteiger partial charge on any atom is -1.00 e. The summed E-state index contributed by atoms with van der Waals surface area (Å²) >= 11 is 1.47. The van der Waals surface area contributed by atoms with Crippen LogP contribution in [0.15, 0.2) is 66.7 Å². The molecule has 0 N–H and O–H groups in total. The Bertz CT molecular complexity index is 1380. The Balaban J connectivity index is 0.000000353. The molecule has 0 unspecified atom stereocenters. The van der Waals surface area contributed by atoms with Crippen LogP contribution < -0.4 is 24.8 Å². The van der Waals surface area contributed by atoms with E-state index >= 15 is 0 Å². The van der Waals surface area contributed by atoms with Crippen molar-refractivity contribution in [1.29, 1.82) is 0 Å². The van der Waals surface area contributed by atoms with Gasteiger partial charge in [0, 0.05) is 0 Å². The summed E-state index contributed by atoms with van der Waals surface area (Å²) < 4.78 is 2.19. The largest absolute Gasteiger partial charge is 1.00 e. The van der Waals surface area contributed by atoms with Gasteiger partial charge in [0.05, 0.1) is 0 Å². The molecular weight excluding hydrogens is 631 g/mol. The fourth-order valence-electron chi connectivity index (χ4n) is 5.10. The summed E-state index contributed by atoms with van der Waals surface area (Å²) in [5.74, 6) is 0.675. The molecule has 224 valence electrons. The van der Waals surface area contributed by atoms with E-state index in [4.69, 9.17) is 0 Å². The van der Waals surface area contributed by atoms with Gasteiger partial charge in [-0.25, -0.2) is 6.07 Å². The van der Waals surface area contributed by atoms with Crippen LogP contribution in [0.4, 0.5) is 0 Å². The van der Waals surface area contributed by atoms with Crippen molar-refractivity contribution in [2.45, 2.75) is 99.3 Å². The van der Waals surface area contributed by atoms with E-state index < -0.39 is 0 Å². The molecule has 0 nitrogen and oxygen atoms in total. The summed E-state index contributed by atoms with van der Waals surface area (Å²) in [5, 5.41) is 0. The summed E-state index contributed by atoms with van der Waals surface area (Å²) in [6.45, 7) is 24.6. The fourth-order valence-corrected chi connectivity index (χ4v) is 5.57. The molecule has 5 rings (SSSR count). The second kappa shape index (κ2) is 15.9. The van der Waals surface area contributed by atoms with Crippen molar-refractivity contribution >= 4 is 3.71 Å². The number of aryl methyl sites for hydroxylation is 3. The van der Waals surface area contributed by atoms with Crippen molar-refractivity contribution in [2.24, 2.45) is 0 Å². The zero-order chi connectivity index (χ0) is 29.8. The van der Waals surface area contributed by atoms with Crippen LogP contribution in [0.5, 0.6) is 0 Å². The number of hydrogen-bond acceptors (Lipinski definition) is 0. The first-order chi connectivity index (χ1) is 18.6. The third-order valence-electron chi connectivity index (χ3n) is 7.67. The Morgan fingerprint density at radius 3 is 1.81 bits per heavy atom. The zero-order valence-electron chi connectivity index (χ0n) is 27.5. The SMILES string of the molecule is CC(C)(C)c1c[c-]c2c(c1)-c1cc(C(C)(C)C)ccc1C2.Cc1cc(C(C)C)c(C)[cH-]1.Cc1ccc([CH]=[Zr+2])cc1.[Cl-].[Cl-]. The van der Waals surface area contributed by atoms with E-state index in [0.29, 0.717) is 5.92 Å². The fraction of sp³-hybridized carbons (Fsp3) is 0.385. The average molecular weight is 679 g/mol. The molecule has 0 saturated heterocycles. The Morgan fingerprint density at radius 1 is 0.786 bits per heavy atom. The number of halogens is 2. The summed E-state index contributed by atoms with van der Waals surface area (Å²) in [4.78, 5) is 0. The average Bonchev–Trinajstić information content (AvgIpc) is 3.42. The second-order valence-corrected chi connectivity index (χ2v) is 14.4. The number of rotatable bonds is 2. The molecule has 4 aromatic carbocycles. The first-order valence-corrected chi connectivity index (χ1v) is 16.0. The van der Waals surface area contributed by atoms with Gasteiger partial charge >= 0.3 is 70.3 Å². The molecule has 0 amide bonds. The minimum Gasteiger partial charge on any atom is -1.00 e. The van der Waals surface area contributed by atoms with Crippen LogP contribution in [0.25, 0.3) is 11.1 Å². The topological polar surface area (TPSA) is 0 Å². The normalized spacial score (nSPS) is 11.6. The van der Waals surface area contributed by atoms with Gasteiger partial charge in [-0.1, -0.05) is 110 Å². The van der Waals surface area contributed by atoms with Crippen LogP contribution >= 0.6 is 0 Å². The molecule has 1 aliphatic carbocycles. The van der Waals surface area contributed by atoms with Crippen LogP contribution in [0.1, 0.15) is 111 Å². The summed E-state index contributed by atoms with van der Waals surface area (Å²) in [6, 6.07) is 28.1. The van der Waals surface area contributed by atoms with Gasteiger partial charge < -0.3 is 24.8 Å². The Labute approximate surface area is 284 Å². The maximum atomic E-state index is 3.53. The molecule has 0 heterocycles. The molecule has 3 heteroatoms. The van der Waals surface area contributed by atoms with E-state index in [9.17, 15) is 0 Å². The molecule has 42 heavy (non-hydrogen) atoms. The smallest absolute Gasteiger partial charge is 1.00 e. The molecule has 0 fully saturated rings. The molecule has 0 aromatic heterocycles. The first-order valence-electron chi connectivity index (χ1n) is 14.6. The first kappa shape index (κ1) is 38.4. The van der Waals surface area contributed by atoms with Gasteiger partial charge in [-0.05, 0) is 17.4 Å². The quantitative estimate of drug-likeness (QED) is 0.242. The number of hydrogen-bond donors (Lipinski definition) is 0. The van der Waals surface area contributed by atoms with E-state index in [2.05, 4.69) is 153 Å². The Morgan fingerprint density at radius 2 is 1.36 bits per heavy atom. The van der Waals surface area contributed by atoms with Crippen LogP contribution in [-0.4, -0.2) is 3.71 Å². The predicted molar refractivity (Wildman–Crippen MR) is 173 cm³/mol. The van der Waals surface area contributed by atoms with Crippen molar-refractivity contribution in [3.8, 4) is 11.1 Å². The molecule has 0 saturated carbocycles. The van der Waals surface area contributed by atoms with Crippen LogP contribution in [0, 0.1) is 26.8 Å². The van der Waals surface area contributed by atoms with Crippen molar-refractivity contribution in [3.63, 3.8) is 0 Å². The van der Waals surface area contributed by atoms with Crippen LogP contribution in [-0.2, 0) is 41.5 Å². The van der Waals surface area contributed by atoms with Gasteiger partial charge in [0.25, 0.3) is 0 Å². The minimum absolute atomic E-state index is 0. The Kier molecular flexibility index (Phi) is 14.5. The van der Waals surface area contributed by atoms with E-state index in [1.54, 1.807) is 0 Å². The summed E-state index contributed by atoms with van der Waals surface area (Å²) in [7, 11) is 0. The maximum absolute atomic E-state index is 3.53. The monoisotopic (exact) mass is 676 g/mol. The molecule has 0 aliphatic heterocycles. The van der Waals surface area contributed by atoms with Crippen molar-refractivity contribution < 1.29 is 49.0 Å². The molecule has 4 aromatic rings. The molecule has 0 atom stereocenters. The van der Waals surface area contributed by atoms with Crippen LogP contribution in [0.3, 0.4) is 0 Å². The van der Waals surface area contributed by atoms with Gasteiger partial charge in [0.1, 0.15) is 0 Å². The van der Waals surface area contributed by atoms with Gasteiger partial charge in [0.15, 0.2) is 0 Å². The third-order valence-corrected chi connectivity index (χ3v) is 8.49. The second-order valence-electron chi connectivity index (χ2n) is 13.7.